The van der Waals surface area contributed by atoms with Crippen molar-refractivity contribution < 1.29 is 14.4 Å². The van der Waals surface area contributed by atoms with Gasteiger partial charge in [0, 0.05) is 42.2 Å². The standard InChI is InChI=1S/C20H25N3O3/c1-20(11-21-18(25)13-3-4-13)7-2-8-23(12-20)19(26)14-5-6-16-15(9-14)10-17(24)22-16/h5-6,9,13H,2-4,7-8,10-12H2,1H3,(H,21,25)(H,22,24). The Balaban J connectivity index is 1.42. The quantitative estimate of drug-likeness (QED) is 0.866. The molecule has 1 aromatic rings. The second-order valence-corrected chi connectivity index (χ2v) is 8.23. The number of nitrogens with zero attached hydrogens (tertiary/aromatic N) is 1. The maximum atomic E-state index is 13.0. The molecule has 2 aliphatic heterocycles. The summed E-state index contributed by atoms with van der Waals surface area (Å²) >= 11 is 0. The van der Waals surface area contributed by atoms with Gasteiger partial charge in [-0.2, -0.15) is 0 Å². The van der Waals surface area contributed by atoms with E-state index in [4.69, 9.17) is 0 Å². The first-order chi connectivity index (χ1) is 12.4. The van der Waals surface area contributed by atoms with Crippen molar-refractivity contribution in [3.05, 3.63) is 29.3 Å². The van der Waals surface area contributed by atoms with Crippen LogP contribution in [0.3, 0.4) is 0 Å². The zero-order chi connectivity index (χ0) is 18.3. The molecule has 0 radical (unpaired) electrons. The van der Waals surface area contributed by atoms with E-state index in [1.807, 2.05) is 17.0 Å². The average molecular weight is 355 g/mol. The van der Waals surface area contributed by atoms with Crippen LogP contribution in [-0.4, -0.2) is 42.3 Å². The predicted octanol–water partition coefficient (Wildman–Crippen LogP) is 1.95. The van der Waals surface area contributed by atoms with E-state index in [9.17, 15) is 14.4 Å². The molecule has 26 heavy (non-hydrogen) atoms. The molecular formula is C20H25N3O3. The number of hydrogen-bond donors (Lipinski definition) is 2. The van der Waals surface area contributed by atoms with Crippen LogP contribution in [0.1, 0.15) is 48.5 Å². The van der Waals surface area contributed by atoms with E-state index in [-0.39, 0.29) is 29.1 Å². The van der Waals surface area contributed by atoms with Gasteiger partial charge in [0.2, 0.25) is 11.8 Å². The summed E-state index contributed by atoms with van der Waals surface area (Å²) in [5, 5.41) is 5.86. The lowest BCUT2D eigenvalue weighted by Gasteiger charge is -2.40. The molecule has 6 heteroatoms. The molecule has 6 nitrogen and oxygen atoms in total. The molecule has 1 aromatic carbocycles. The van der Waals surface area contributed by atoms with Gasteiger partial charge in [0.15, 0.2) is 0 Å². The average Bonchev–Trinajstić information content (AvgIpc) is 3.40. The molecule has 2 fully saturated rings. The molecule has 3 amide bonds. The van der Waals surface area contributed by atoms with E-state index in [1.165, 1.54) is 0 Å². The van der Waals surface area contributed by atoms with Crippen LogP contribution in [0.25, 0.3) is 0 Å². The molecule has 0 aromatic heterocycles. The fourth-order valence-electron chi connectivity index (χ4n) is 3.97. The molecule has 0 spiro atoms. The Morgan fingerprint density at radius 2 is 2.15 bits per heavy atom. The Labute approximate surface area is 153 Å². The van der Waals surface area contributed by atoms with Crippen molar-refractivity contribution in [1.82, 2.24) is 10.2 Å². The molecule has 0 bridgehead atoms. The minimum absolute atomic E-state index is 0.00611. The number of anilines is 1. The fraction of sp³-hybridized carbons (Fsp3) is 0.550. The van der Waals surface area contributed by atoms with Crippen LogP contribution in [0, 0.1) is 11.3 Å². The monoisotopic (exact) mass is 355 g/mol. The highest BCUT2D eigenvalue weighted by Gasteiger charge is 2.36. The van der Waals surface area contributed by atoms with Crippen LogP contribution >= 0.6 is 0 Å². The van der Waals surface area contributed by atoms with E-state index < -0.39 is 0 Å². The highest BCUT2D eigenvalue weighted by atomic mass is 16.2. The van der Waals surface area contributed by atoms with Gasteiger partial charge in [0.1, 0.15) is 0 Å². The van der Waals surface area contributed by atoms with Crippen molar-refractivity contribution in [2.75, 3.05) is 25.0 Å². The van der Waals surface area contributed by atoms with Crippen molar-refractivity contribution in [2.45, 2.75) is 39.0 Å². The van der Waals surface area contributed by atoms with Crippen molar-refractivity contribution in [1.29, 1.82) is 0 Å². The minimum Gasteiger partial charge on any atom is -0.355 e. The second kappa shape index (κ2) is 6.41. The molecule has 1 unspecified atom stereocenters. The molecule has 1 saturated heterocycles. The minimum atomic E-state index is -0.0906. The molecule has 1 saturated carbocycles. The number of carbonyl (C=O) groups excluding carboxylic acids is 3. The third-order valence-electron chi connectivity index (χ3n) is 5.68. The number of benzene rings is 1. The number of rotatable bonds is 4. The van der Waals surface area contributed by atoms with Crippen molar-refractivity contribution >= 4 is 23.4 Å². The van der Waals surface area contributed by atoms with Crippen LogP contribution < -0.4 is 10.6 Å². The fourth-order valence-corrected chi connectivity index (χ4v) is 3.97. The van der Waals surface area contributed by atoms with E-state index in [2.05, 4.69) is 17.6 Å². The highest BCUT2D eigenvalue weighted by molar-refractivity contribution is 6.01. The number of piperidine rings is 1. The van der Waals surface area contributed by atoms with Gasteiger partial charge in [0.05, 0.1) is 6.42 Å². The van der Waals surface area contributed by atoms with E-state index >= 15 is 0 Å². The lowest BCUT2D eigenvalue weighted by atomic mass is 9.81. The molecule has 2 heterocycles. The van der Waals surface area contributed by atoms with E-state index in [0.29, 0.717) is 25.1 Å². The molecule has 4 rings (SSSR count). The predicted molar refractivity (Wildman–Crippen MR) is 97.8 cm³/mol. The van der Waals surface area contributed by atoms with Crippen LogP contribution in [-0.2, 0) is 16.0 Å². The largest absolute Gasteiger partial charge is 0.355 e. The molecule has 2 N–H and O–H groups in total. The first-order valence-electron chi connectivity index (χ1n) is 9.43. The Kier molecular flexibility index (Phi) is 4.21. The summed E-state index contributed by atoms with van der Waals surface area (Å²) in [5.41, 5.74) is 2.23. The lowest BCUT2D eigenvalue weighted by Crippen LogP contribution is -2.49. The lowest BCUT2D eigenvalue weighted by molar-refractivity contribution is -0.123. The highest BCUT2D eigenvalue weighted by Crippen LogP contribution is 2.32. The van der Waals surface area contributed by atoms with Crippen LogP contribution in [0.15, 0.2) is 18.2 Å². The molecular weight excluding hydrogens is 330 g/mol. The van der Waals surface area contributed by atoms with Gasteiger partial charge < -0.3 is 15.5 Å². The number of hydrogen-bond acceptors (Lipinski definition) is 3. The van der Waals surface area contributed by atoms with Gasteiger partial charge in [0.25, 0.3) is 5.91 Å². The molecule has 138 valence electrons. The third kappa shape index (κ3) is 3.45. The van der Waals surface area contributed by atoms with Gasteiger partial charge in [-0.1, -0.05) is 6.92 Å². The Hall–Kier alpha value is -2.37. The normalized spacial score (nSPS) is 24.8. The van der Waals surface area contributed by atoms with E-state index in [1.54, 1.807) is 6.07 Å². The maximum Gasteiger partial charge on any atom is 0.253 e. The van der Waals surface area contributed by atoms with E-state index in [0.717, 1.165) is 43.5 Å². The summed E-state index contributed by atoms with van der Waals surface area (Å²) in [7, 11) is 0. The first-order valence-corrected chi connectivity index (χ1v) is 9.43. The molecule has 1 aliphatic carbocycles. The summed E-state index contributed by atoms with van der Waals surface area (Å²) in [6.07, 6.45) is 4.28. The number of amides is 3. The van der Waals surface area contributed by atoms with Crippen LogP contribution in [0.5, 0.6) is 0 Å². The number of carbonyl (C=O) groups is 3. The maximum absolute atomic E-state index is 13.0. The van der Waals surface area contributed by atoms with Crippen molar-refractivity contribution in [2.24, 2.45) is 11.3 Å². The molecule has 1 atom stereocenters. The van der Waals surface area contributed by atoms with Crippen LogP contribution in [0.2, 0.25) is 0 Å². The van der Waals surface area contributed by atoms with Crippen molar-refractivity contribution in [3.8, 4) is 0 Å². The second-order valence-electron chi connectivity index (χ2n) is 8.23. The summed E-state index contributed by atoms with van der Waals surface area (Å²) in [6.45, 7) is 4.14. The zero-order valence-electron chi connectivity index (χ0n) is 15.1. The SMILES string of the molecule is CC1(CNC(=O)C2CC2)CCCN(C(=O)c2ccc3c(c2)CC(=O)N3)C1. The van der Waals surface area contributed by atoms with Gasteiger partial charge in [-0.05, 0) is 49.4 Å². The Bertz CT molecular complexity index is 772. The topological polar surface area (TPSA) is 78.5 Å². The number of likely N-dealkylation sites (tertiary alicyclic amines) is 1. The number of fused-ring (bicyclic) bond motifs is 1. The van der Waals surface area contributed by atoms with Gasteiger partial charge in [-0.15, -0.1) is 0 Å². The first kappa shape index (κ1) is 17.1. The molecule has 3 aliphatic rings. The van der Waals surface area contributed by atoms with Gasteiger partial charge >= 0.3 is 0 Å². The van der Waals surface area contributed by atoms with Gasteiger partial charge in [-0.25, -0.2) is 0 Å². The van der Waals surface area contributed by atoms with Crippen molar-refractivity contribution in [3.63, 3.8) is 0 Å². The Morgan fingerprint density at radius 3 is 2.92 bits per heavy atom. The number of nitrogens with one attached hydrogen (secondary N) is 2. The summed E-state index contributed by atoms with van der Waals surface area (Å²) in [6, 6.07) is 5.43. The Morgan fingerprint density at radius 1 is 1.35 bits per heavy atom. The van der Waals surface area contributed by atoms with Crippen LogP contribution in [0.4, 0.5) is 5.69 Å². The van der Waals surface area contributed by atoms with Gasteiger partial charge in [-0.3, -0.25) is 14.4 Å². The summed E-state index contributed by atoms with van der Waals surface area (Å²) in [5.74, 6) is 0.348. The zero-order valence-corrected chi connectivity index (χ0v) is 15.1. The summed E-state index contributed by atoms with van der Waals surface area (Å²) in [4.78, 5) is 38.3. The third-order valence-corrected chi connectivity index (χ3v) is 5.68. The summed E-state index contributed by atoms with van der Waals surface area (Å²) < 4.78 is 0. The smallest absolute Gasteiger partial charge is 0.253 e.